The lowest BCUT2D eigenvalue weighted by atomic mass is 10.4. The average molecular weight is 72.1 g/mol. The fraction of sp³-hybridized carbons (Fsp3) is 1.00. The molecule has 1 aliphatic rings. The van der Waals surface area contributed by atoms with E-state index in [2.05, 4.69) is 0 Å². The zero-order valence-electron chi connectivity index (χ0n) is 5.33. The summed E-state index contributed by atoms with van der Waals surface area (Å²) in [6.07, 6.45) is 2.94. The first-order chi connectivity index (χ1) is 3.21. The van der Waals surface area contributed by atoms with Crippen LogP contribution in [-0.2, 0) is 0 Å². The summed E-state index contributed by atoms with van der Waals surface area (Å²) in [4.78, 5) is 0. The molecule has 0 unspecified atom stereocenters. The van der Waals surface area contributed by atoms with E-state index in [1.54, 1.807) is 0 Å². The lowest BCUT2D eigenvalue weighted by Crippen LogP contribution is -1.47. The maximum atomic E-state index is 7.15. The Morgan fingerprint density at radius 3 is 1.80 bits per heavy atom. The van der Waals surface area contributed by atoms with Crippen molar-refractivity contribution in [2.45, 2.75) is 32.1 Å². The van der Waals surface area contributed by atoms with E-state index in [0.29, 0.717) is 0 Å². The second kappa shape index (κ2) is 1.44. The highest BCUT2D eigenvalue weighted by Gasteiger charge is 1.95. The van der Waals surface area contributed by atoms with Crippen molar-refractivity contribution in [3.63, 3.8) is 0 Å². The SMILES string of the molecule is [2H]C1([2H])CCCC1. The molecule has 0 aromatic rings. The summed E-state index contributed by atoms with van der Waals surface area (Å²) in [6, 6.07) is 0. The topological polar surface area (TPSA) is 0 Å². The molecule has 0 nitrogen and oxygen atoms in total. The highest BCUT2D eigenvalue weighted by molar-refractivity contribution is 4.51. The van der Waals surface area contributed by atoms with Gasteiger partial charge in [-0.3, -0.25) is 0 Å². The van der Waals surface area contributed by atoms with E-state index in [1.165, 1.54) is 0 Å². The predicted octanol–water partition coefficient (Wildman–Crippen LogP) is 1.95. The molecule has 0 N–H and O–H groups in total. The van der Waals surface area contributed by atoms with E-state index in [9.17, 15) is 0 Å². The molecule has 30 valence electrons. The molecule has 0 heteroatoms. The van der Waals surface area contributed by atoms with Crippen molar-refractivity contribution in [3.8, 4) is 0 Å². The molecule has 0 aromatic carbocycles. The first-order valence-corrected chi connectivity index (χ1v) is 2.21. The van der Waals surface area contributed by atoms with Crippen LogP contribution in [0.3, 0.4) is 0 Å². The average Bonchev–Trinajstić information content (AvgIpc) is 1.84. The van der Waals surface area contributed by atoms with Gasteiger partial charge in [0.25, 0.3) is 0 Å². The molecular formula is C5H10. The van der Waals surface area contributed by atoms with Gasteiger partial charge in [0.1, 0.15) is 0 Å². The molecule has 0 aromatic heterocycles. The van der Waals surface area contributed by atoms with Crippen LogP contribution >= 0.6 is 0 Å². The quantitative estimate of drug-likeness (QED) is 0.410. The molecule has 0 amide bonds. The Kier molecular flexibility index (Phi) is 0.470. The maximum absolute atomic E-state index is 7.15. The van der Waals surface area contributed by atoms with Gasteiger partial charge in [0.2, 0.25) is 0 Å². The van der Waals surface area contributed by atoms with Gasteiger partial charge >= 0.3 is 0 Å². The molecule has 1 fully saturated rings. The standard InChI is InChI=1S/C5H10/c1-2-4-5-3-1/h1-5H2/i1D2. The number of rotatable bonds is 0. The smallest absolute Gasteiger partial charge is 0.0267 e. The minimum absolute atomic E-state index is 0.785. The Hall–Kier alpha value is 0. The third-order valence-electron chi connectivity index (χ3n) is 0.957. The summed E-state index contributed by atoms with van der Waals surface area (Å²) in [5.74, 6) is 0. The summed E-state index contributed by atoms with van der Waals surface area (Å²) in [5.41, 5.74) is 0. The van der Waals surface area contributed by atoms with Crippen LogP contribution in [0.15, 0.2) is 0 Å². The summed E-state index contributed by atoms with van der Waals surface area (Å²) in [5, 5.41) is 0. The molecule has 0 bridgehead atoms. The summed E-state index contributed by atoms with van der Waals surface area (Å²) in [7, 11) is 0. The van der Waals surface area contributed by atoms with Crippen molar-refractivity contribution in [1.82, 2.24) is 0 Å². The normalized spacial score (nSPS) is 40.0. The van der Waals surface area contributed by atoms with Crippen molar-refractivity contribution >= 4 is 0 Å². The largest absolute Gasteiger partial charge is 0.0533 e. The van der Waals surface area contributed by atoms with Crippen LogP contribution in [0.2, 0.25) is 0 Å². The van der Waals surface area contributed by atoms with E-state index in [-0.39, 0.29) is 0 Å². The van der Waals surface area contributed by atoms with E-state index < -0.39 is 6.37 Å². The van der Waals surface area contributed by atoms with Gasteiger partial charge in [-0.15, -0.1) is 0 Å². The van der Waals surface area contributed by atoms with Gasteiger partial charge in [0.05, 0.1) is 0 Å². The minimum Gasteiger partial charge on any atom is -0.0533 e. The number of hydrogen-bond acceptors (Lipinski definition) is 0. The first-order valence-electron chi connectivity index (χ1n) is 3.21. The van der Waals surface area contributed by atoms with E-state index >= 15 is 0 Å². The Bertz CT molecular complexity index is 60.5. The van der Waals surface area contributed by atoms with Crippen LogP contribution in [0, 0.1) is 0 Å². The van der Waals surface area contributed by atoms with Crippen LogP contribution in [0.25, 0.3) is 0 Å². The lowest BCUT2D eigenvalue weighted by Gasteiger charge is -1.67. The molecule has 0 heterocycles. The molecule has 0 aliphatic heterocycles. The molecule has 0 saturated heterocycles. The summed E-state index contributed by atoms with van der Waals surface area (Å²) in [6.45, 7) is 0. The molecule has 0 atom stereocenters. The van der Waals surface area contributed by atoms with Gasteiger partial charge in [0.15, 0.2) is 0 Å². The Morgan fingerprint density at radius 1 is 1.00 bits per heavy atom. The third kappa shape index (κ3) is 0.640. The highest BCUT2D eigenvalue weighted by Crippen LogP contribution is 2.15. The lowest BCUT2D eigenvalue weighted by molar-refractivity contribution is 0.886. The molecule has 1 aliphatic carbocycles. The second-order valence-electron chi connectivity index (χ2n) is 1.46. The van der Waals surface area contributed by atoms with Gasteiger partial charge in [-0.05, 0) is 0 Å². The molecule has 1 saturated carbocycles. The van der Waals surface area contributed by atoms with Gasteiger partial charge < -0.3 is 0 Å². The maximum Gasteiger partial charge on any atom is 0.0267 e. The van der Waals surface area contributed by atoms with Crippen molar-refractivity contribution in [2.24, 2.45) is 0 Å². The van der Waals surface area contributed by atoms with Crippen molar-refractivity contribution in [2.75, 3.05) is 0 Å². The second-order valence-corrected chi connectivity index (χ2v) is 1.46. The first kappa shape index (κ1) is 1.63. The third-order valence-corrected chi connectivity index (χ3v) is 0.957. The minimum atomic E-state index is -0.806. The van der Waals surface area contributed by atoms with Gasteiger partial charge in [-0.25, -0.2) is 0 Å². The van der Waals surface area contributed by atoms with E-state index in [4.69, 9.17) is 2.74 Å². The van der Waals surface area contributed by atoms with E-state index in [0.717, 1.165) is 25.7 Å². The van der Waals surface area contributed by atoms with Gasteiger partial charge in [0, 0.05) is 2.74 Å². The summed E-state index contributed by atoms with van der Waals surface area (Å²) >= 11 is 0. The molecule has 1 rings (SSSR count). The Labute approximate surface area is 36.0 Å². The Morgan fingerprint density at radius 2 is 1.60 bits per heavy atom. The van der Waals surface area contributed by atoms with Crippen LogP contribution in [0.5, 0.6) is 0 Å². The zero-order chi connectivity index (χ0) is 5.33. The molecule has 5 heavy (non-hydrogen) atoms. The van der Waals surface area contributed by atoms with Crippen molar-refractivity contribution in [1.29, 1.82) is 0 Å². The summed E-state index contributed by atoms with van der Waals surface area (Å²) < 4.78 is 14.3. The molecule has 0 spiro atoms. The van der Waals surface area contributed by atoms with Crippen LogP contribution < -0.4 is 0 Å². The Balaban J connectivity index is 2.40. The fourth-order valence-electron chi connectivity index (χ4n) is 0.625. The molecular weight excluding hydrogens is 60.1 g/mol. The van der Waals surface area contributed by atoms with Crippen molar-refractivity contribution in [3.05, 3.63) is 0 Å². The predicted molar refractivity (Wildman–Crippen MR) is 23.1 cm³/mol. The fourth-order valence-corrected chi connectivity index (χ4v) is 0.625. The monoisotopic (exact) mass is 72.1 g/mol. The number of hydrogen-bond donors (Lipinski definition) is 0. The van der Waals surface area contributed by atoms with Crippen molar-refractivity contribution < 1.29 is 2.74 Å². The molecule has 0 radical (unpaired) electrons. The zero-order valence-corrected chi connectivity index (χ0v) is 3.33. The van der Waals surface area contributed by atoms with E-state index in [1.807, 2.05) is 0 Å². The highest BCUT2D eigenvalue weighted by atomic mass is 14.0. The van der Waals surface area contributed by atoms with Gasteiger partial charge in [-0.2, -0.15) is 0 Å². The van der Waals surface area contributed by atoms with Crippen LogP contribution in [0.4, 0.5) is 0 Å². The van der Waals surface area contributed by atoms with Crippen LogP contribution in [0.1, 0.15) is 34.8 Å². The van der Waals surface area contributed by atoms with Gasteiger partial charge in [-0.1, -0.05) is 32.1 Å². The van der Waals surface area contributed by atoms with Crippen LogP contribution in [-0.4, -0.2) is 0 Å².